The molecular formula is C20H21IN4O. The summed E-state index contributed by atoms with van der Waals surface area (Å²) in [5.74, 6) is 1.38. The maximum absolute atomic E-state index is 9.41. The first kappa shape index (κ1) is 17.5. The molecule has 0 saturated heterocycles. The van der Waals surface area contributed by atoms with Gasteiger partial charge in [0.15, 0.2) is 0 Å². The fourth-order valence-electron chi connectivity index (χ4n) is 4.32. The SMILES string of the molecule is Cc1noc(C)c1-c1cnc2c(I)cn(C(CC#N)C3CCCC3)c2c1. The summed E-state index contributed by atoms with van der Waals surface area (Å²) in [5.41, 5.74) is 5.01. The van der Waals surface area contributed by atoms with Gasteiger partial charge < -0.3 is 9.09 Å². The number of nitriles is 1. The van der Waals surface area contributed by atoms with Crippen LogP contribution in [0, 0.1) is 34.7 Å². The van der Waals surface area contributed by atoms with Crippen LogP contribution in [0.2, 0.25) is 0 Å². The molecule has 1 aliphatic rings. The highest BCUT2D eigenvalue weighted by atomic mass is 127. The third-order valence-corrected chi connectivity index (χ3v) is 6.34. The van der Waals surface area contributed by atoms with E-state index in [1.54, 1.807) is 0 Å². The fourth-order valence-corrected chi connectivity index (χ4v) is 5.04. The second kappa shape index (κ2) is 7.03. The van der Waals surface area contributed by atoms with Gasteiger partial charge in [0.2, 0.25) is 0 Å². The van der Waals surface area contributed by atoms with Crippen molar-refractivity contribution < 1.29 is 4.52 Å². The van der Waals surface area contributed by atoms with Crippen LogP contribution in [0.4, 0.5) is 0 Å². The molecule has 4 rings (SSSR count). The predicted octanol–water partition coefficient (Wildman–Crippen LogP) is 5.56. The first-order valence-electron chi connectivity index (χ1n) is 9.06. The van der Waals surface area contributed by atoms with Gasteiger partial charge in [-0.1, -0.05) is 18.0 Å². The van der Waals surface area contributed by atoms with Crippen molar-refractivity contribution >= 4 is 33.6 Å². The highest BCUT2D eigenvalue weighted by molar-refractivity contribution is 14.1. The van der Waals surface area contributed by atoms with Gasteiger partial charge in [0, 0.05) is 29.6 Å². The molecule has 0 aliphatic heterocycles. The summed E-state index contributed by atoms with van der Waals surface area (Å²) in [4.78, 5) is 4.73. The van der Waals surface area contributed by atoms with Crippen LogP contribution >= 0.6 is 22.6 Å². The molecule has 6 heteroatoms. The van der Waals surface area contributed by atoms with Crippen molar-refractivity contribution in [1.29, 1.82) is 5.26 Å². The van der Waals surface area contributed by atoms with Gasteiger partial charge in [-0.05, 0) is 61.3 Å². The highest BCUT2D eigenvalue weighted by Crippen LogP contribution is 2.39. The summed E-state index contributed by atoms with van der Waals surface area (Å²) in [5, 5.41) is 13.5. The number of nitrogens with zero attached hydrogens (tertiary/aromatic N) is 4. The monoisotopic (exact) mass is 460 g/mol. The zero-order valence-corrected chi connectivity index (χ0v) is 17.2. The Balaban J connectivity index is 1.87. The normalized spacial score (nSPS) is 16.2. The van der Waals surface area contributed by atoms with Crippen molar-refractivity contribution in [3.63, 3.8) is 0 Å². The summed E-state index contributed by atoms with van der Waals surface area (Å²) in [7, 11) is 0. The molecule has 3 aromatic heterocycles. The molecule has 1 fully saturated rings. The van der Waals surface area contributed by atoms with E-state index in [-0.39, 0.29) is 6.04 Å². The molecule has 0 amide bonds. The van der Waals surface area contributed by atoms with Crippen LogP contribution in [-0.2, 0) is 0 Å². The van der Waals surface area contributed by atoms with Gasteiger partial charge in [0.1, 0.15) is 11.3 Å². The lowest BCUT2D eigenvalue weighted by Crippen LogP contribution is -2.16. The maximum Gasteiger partial charge on any atom is 0.141 e. The molecule has 5 nitrogen and oxygen atoms in total. The number of rotatable bonds is 4. The lowest BCUT2D eigenvalue weighted by Gasteiger charge is -2.24. The number of aryl methyl sites for hydroxylation is 2. The summed E-state index contributed by atoms with van der Waals surface area (Å²) < 4.78 is 8.76. The Morgan fingerprint density at radius 2 is 2.15 bits per heavy atom. The second-order valence-electron chi connectivity index (χ2n) is 7.15. The van der Waals surface area contributed by atoms with Crippen LogP contribution in [0.3, 0.4) is 0 Å². The van der Waals surface area contributed by atoms with Gasteiger partial charge in [-0.2, -0.15) is 5.26 Å². The molecule has 0 radical (unpaired) electrons. The summed E-state index contributed by atoms with van der Waals surface area (Å²) in [6.45, 7) is 3.88. The summed E-state index contributed by atoms with van der Waals surface area (Å²) in [6.07, 6.45) is 9.56. The molecule has 0 spiro atoms. The minimum atomic E-state index is 0.218. The van der Waals surface area contributed by atoms with E-state index in [4.69, 9.17) is 9.51 Å². The number of hydrogen-bond donors (Lipinski definition) is 0. The molecule has 0 aromatic carbocycles. The van der Waals surface area contributed by atoms with Crippen LogP contribution in [0.15, 0.2) is 23.0 Å². The Bertz CT molecular complexity index is 972. The van der Waals surface area contributed by atoms with E-state index in [1.807, 2.05) is 20.0 Å². The van der Waals surface area contributed by atoms with Gasteiger partial charge in [-0.3, -0.25) is 4.98 Å². The number of pyridine rings is 1. The van der Waals surface area contributed by atoms with E-state index in [0.717, 1.165) is 37.2 Å². The largest absolute Gasteiger partial charge is 0.361 e. The smallest absolute Gasteiger partial charge is 0.141 e. The van der Waals surface area contributed by atoms with E-state index in [9.17, 15) is 5.26 Å². The van der Waals surface area contributed by atoms with Crippen molar-refractivity contribution in [2.24, 2.45) is 5.92 Å². The van der Waals surface area contributed by atoms with Crippen molar-refractivity contribution in [2.45, 2.75) is 52.0 Å². The van der Waals surface area contributed by atoms with Crippen molar-refractivity contribution in [1.82, 2.24) is 14.7 Å². The minimum Gasteiger partial charge on any atom is -0.361 e. The van der Waals surface area contributed by atoms with Crippen LogP contribution in [0.1, 0.15) is 49.6 Å². The molecule has 0 N–H and O–H groups in total. The lowest BCUT2D eigenvalue weighted by molar-refractivity contribution is 0.347. The summed E-state index contributed by atoms with van der Waals surface area (Å²) in [6, 6.07) is 4.80. The summed E-state index contributed by atoms with van der Waals surface area (Å²) >= 11 is 2.35. The highest BCUT2D eigenvalue weighted by Gasteiger charge is 2.28. The quantitative estimate of drug-likeness (QED) is 0.479. The Morgan fingerprint density at radius 3 is 2.81 bits per heavy atom. The Labute approximate surface area is 166 Å². The molecule has 3 heterocycles. The van der Waals surface area contributed by atoms with Crippen molar-refractivity contribution in [2.75, 3.05) is 0 Å². The van der Waals surface area contributed by atoms with E-state index in [0.29, 0.717) is 12.3 Å². The van der Waals surface area contributed by atoms with Crippen LogP contribution in [0.25, 0.3) is 22.2 Å². The molecule has 0 bridgehead atoms. The molecule has 26 heavy (non-hydrogen) atoms. The minimum absolute atomic E-state index is 0.218. The average molecular weight is 460 g/mol. The van der Waals surface area contributed by atoms with E-state index < -0.39 is 0 Å². The molecule has 1 unspecified atom stereocenters. The molecule has 1 saturated carbocycles. The Hall–Kier alpha value is -1.88. The molecule has 1 atom stereocenters. The van der Waals surface area contributed by atoms with Crippen LogP contribution < -0.4 is 0 Å². The van der Waals surface area contributed by atoms with Gasteiger partial charge in [0.25, 0.3) is 0 Å². The van der Waals surface area contributed by atoms with E-state index in [1.165, 1.54) is 25.7 Å². The zero-order valence-electron chi connectivity index (χ0n) is 15.0. The zero-order chi connectivity index (χ0) is 18.3. The third kappa shape index (κ3) is 2.92. The number of halogens is 1. The molecule has 3 aromatic rings. The van der Waals surface area contributed by atoms with Gasteiger partial charge in [-0.15, -0.1) is 0 Å². The van der Waals surface area contributed by atoms with Gasteiger partial charge in [0.05, 0.1) is 27.3 Å². The van der Waals surface area contributed by atoms with Crippen molar-refractivity contribution in [3.8, 4) is 17.2 Å². The molecule has 1 aliphatic carbocycles. The number of fused-ring (bicyclic) bond motifs is 1. The third-order valence-electron chi connectivity index (χ3n) is 5.55. The lowest BCUT2D eigenvalue weighted by atomic mass is 9.95. The van der Waals surface area contributed by atoms with Crippen LogP contribution in [0.5, 0.6) is 0 Å². The predicted molar refractivity (Wildman–Crippen MR) is 109 cm³/mol. The first-order chi connectivity index (χ1) is 12.6. The first-order valence-corrected chi connectivity index (χ1v) is 10.1. The standard InChI is InChI=1S/C20H21IN4O/c1-12-19(13(2)26-24-12)15-9-18-20(23-10-15)16(21)11-25(18)17(7-8-22)14-5-3-4-6-14/h9-11,14,17H,3-7H2,1-2H3. The maximum atomic E-state index is 9.41. The number of hydrogen-bond acceptors (Lipinski definition) is 4. The topological polar surface area (TPSA) is 67.6 Å². The van der Waals surface area contributed by atoms with E-state index >= 15 is 0 Å². The number of aromatic nitrogens is 3. The van der Waals surface area contributed by atoms with Crippen molar-refractivity contribution in [3.05, 3.63) is 33.5 Å². The Kier molecular flexibility index (Phi) is 4.74. The fraction of sp³-hybridized carbons (Fsp3) is 0.450. The molecular weight excluding hydrogens is 439 g/mol. The Morgan fingerprint density at radius 1 is 1.38 bits per heavy atom. The van der Waals surface area contributed by atoms with E-state index in [2.05, 4.69) is 50.6 Å². The second-order valence-corrected chi connectivity index (χ2v) is 8.31. The van der Waals surface area contributed by atoms with Gasteiger partial charge in [-0.25, -0.2) is 0 Å². The van der Waals surface area contributed by atoms with Crippen LogP contribution in [-0.4, -0.2) is 14.7 Å². The average Bonchev–Trinajstić information content (AvgIpc) is 3.34. The molecule has 134 valence electrons. The van der Waals surface area contributed by atoms with Gasteiger partial charge >= 0.3 is 0 Å².